The van der Waals surface area contributed by atoms with Crippen molar-refractivity contribution >= 4 is 11.5 Å². The van der Waals surface area contributed by atoms with Crippen LogP contribution < -0.4 is 5.56 Å². The molecule has 0 saturated heterocycles. The van der Waals surface area contributed by atoms with Crippen molar-refractivity contribution in [1.29, 1.82) is 0 Å². The molecule has 5 heteroatoms. The van der Waals surface area contributed by atoms with Gasteiger partial charge < -0.3 is 4.74 Å². The van der Waals surface area contributed by atoms with E-state index in [9.17, 15) is 9.59 Å². The molecule has 78 valence electrons. The normalized spacial score (nSPS) is 10.5. The van der Waals surface area contributed by atoms with Gasteiger partial charge in [-0.3, -0.25) is 14.4 Å². The highest BCUT2D eigenvalue weighted by molar-refractivity contribution is 5.90. The van der Waals surface area contributed by atoms with E-state index in [4.69, 9.17) is 4.74 Å². The Labute approximate surface area is 85.3 Å². The number of carbonyl (C=O) groups excluding carboxylic acids is 1. The predicted molar refractivity (Wildman–Crippen MR) is 54.0 cm³/mol. The van der Waals surface area contributed by atoms with E-state index in [-0.39, 0.29) is 12.2 Å². The largest absolute Gasteiger partial charge is 0.462 e. The van der Waals surface area contributed by atoms with Gasteiger partial charge in [-0.2, -0.15) is 0 Å². The van der Waals surface area contributed by atoms with Crippen molar-refractivity contribution in [1.82, 2.24) is 9.61 Å². The Morgan fingerprint density at radius 1 is 1.60 bits per heavy atom. The third-order valence-electron chi connectivity index (χ3n) is 2.03. The van der Waals surface area contributed by atoms with Gasteiger partial charge >= 0.3 is 5.97 Å². The Kier molecular flexibility index (Phi) is 2.29. The number of aromatic amines is 1. The molecule has 0 amide bonds. The summed E-state index contributed by atoms with van der Waals surface area (Å²) >= 11 is 0. The zero-order valence-electron chi connectivity index (χ0n) is 8.19. The average molecular weight is 206 g/mol. The summed E-state index contributed by atoms with van der Waals surface area (Å²) in [6.45, 7) is 1.95. The molecule has 0 saturated carbocycles. The van der Waals surface area contributed by atoms with E-state index < -0.39 is 11.5 Å². The summed E-state index contributed by atoms with van der Waals surface area (Å²) in [4.78, 5) is 22.8. The lowest BCUT2D eigenvalue weighted by Crippen LogP contribution is -2.21. The number of fused-ring (bicyclic) bond motifs is 1. The van der Waals surface area contributed by atoms with E-state index in [0.717, 1.165) is 5.52 Å². The Hall–Kier alpha value is -2.04. The Morgan fingerprint density at radius 2 is 2.40 bits per heavy atom. The summed E-state index contributed by atoms with van der Waals surface area (Å²) in [5.41, 5.74) is 0.331. The van der Waals surface area contributed by atoms with Crippen molar-refractivity contribution in [3.8, 4) is 0 Å². The average Bonchev–Trinajstić information content (AvgIpc) is 2.63. The van der Waals surface area contributed by atoms with Gasteiger partial charge in [0, 0.05) is 6.20 Å². The van der Waals surface area contributed by atoms with Gasteiger partial charge in [0.1, 0.15) is 5.56 Å². The molecule has 2 rings (SSSR count). The Bertz CT molecular complexity index is 553. The maximum atomic E-state index is 11.5. The molecule has 0 spiro atoms. The molecule has 0 unspecified atom stereocenters. The van der Waals surface area contributed by atoms with E-state index in [2.05, 4.69) is 5.10 Å². The number of rotatable bonds is 2. The van der Waals surface area contributed by atoms with Gasteiger partial charge in [-0.25, -0.2) is 4.79 Å². The summed E-state index contributed by atoms with van der Waals surface area (Å²) in [5, 5.41) is 2.54. The van der Waals surface area contributed by atoms with Crippen LogP contribution in [0.1, 0.15) is 17.3 Å². The highest BCUT2D eigenvalue weighted by atomic mass is 16.5. The van der Waals surface area contributed by atoms with E-state index in [0.29, 0.717) is 0 Å². The number of nitrogens with zero attached hydrogens (tertiary/aromatic N) is 1. The van der Waals surface area contributed by atoms with Crippen LogP contribution in [0.5, 0.6) is 0 Å². The lowest BCUT2D eigenvalue weighted by atomic mass is 10.3. The molecule has 2 aromatic rings. The van der Waals surface area contributed by atoms with Crippen LogP contribution in [0.3, 0.4) is 0 Å². The highest BCUT2D eigenvalue weighted by Crippen LogP contribution is 2.03. The quantitative estimate of drug-likeness (QED) is 0.739. The second kappa shape index (κ2) is 3.61. The summed E-state index contributed by atoms with van der Waals surface area (Å²) in [7, 11) is 0. The number of hydrogen-bond donors (Lipinski definition) is 1. The number of aromatic nitrogens is 2. The zero-order chi connectivity index (χ0) is 10.8. The number of hydrogen-bond acceptors (Lipinski definition) is 3. The van der Waals surface area contributed by atoms with Crippen molar-refractivity contribution in [2.45, 2.75) is 6.92 Å². The predicted octanol–water partition coefficient (Wildman–Crippen LogP) is 0.804. The minimum atomic E-state index is -0.595. The van der Waals surface area contributed by atoms with Gasteiger partial charge in [-0.15, -0.1) is 0 Å². The lowest BCUT2D eigenvalue weighted by molar-refractivity contribution is 0.0524. The minimum absolute atomic E-state index is 0.0306. The van der Waals surface area contributed by atoms with Crippen LogP contribution in [0.4, 0.5) is 0 Å². The summed E-state index contributed by atoms with van der Waals surface area (Å²) in [6, 6.07) is 5.08. The SMILES string of the molecule is CCOC(=O)c1cc2cccn2[nH]c1=O. The topological polar surface area (TPSA) is 63.6 Å². The Balaban J connectivity index is 2.55. The maximum Gasteiger partial charge on any atom is 0.343 e. The van der Waals surface area contributed by atoms with Gasteiger partial charge in [0.25, 0.3) is 5.56 Å². The first-order valence-electron chi connectivity index (χ1n) is 4.60. The molecule has 2 heterocycles. The van der Waals surface area contributed by atoms with Gasteiger partial charge in [0.05, 0.1) is 12.1 Å². The molecule has 0 aliphatic carbocycles. The first-order chi connectivity index (χ1) is 7.22. The lowest BCUT2D eigenvalue weighted by Gasteiger charge is -2.01. The molecular weight excluding hydrogens is 196 g/mol. The number of esters is 1. The van der Waals surface area contributed by atoms with Gasteiger partial charge in [-0.05, 0) is 25.1 Å². The van der Waals surface area contributed by atoms with Crippen LogP contribution >= 0.6 is 0 Å². The van der Waals surface area contributed by atoms with Crippen LogP contribution in [0, 0.1) is 0 Å². The summed E-state index contributed by atoms with van der Waals surface area (Å²) < 4.78 is 6.31. The Morgan fingerprint density at radius 3 is 3.13 bits per heavy atom. The number of carbonyl (C=O) groups is 1. The fraction of sp³-hybridized carbons (Fsp3) is 0.200. The number of H-pyrrole nitrogens is 1. The zero-order valence-corrected chi connectivity index (χ0v) is 8.19. The molecule has 15 heavy (non-hydrogen) atoms. The van der Waals surface area contributed by atoms with Crippen molar-refractivity contribution in [3.63, 3.8) is 0 Å². The van der Waals surface area contributed by atoms with Crippen LogP contribution in [-0.4, -0.2) is 22.2 Å². The van der Waals surface area contributed by atoms with Gasteiger partial charge in [-0.1, -0.05) is 0 Å². The van der Waals surface area contributed by atoms with Crippen LogP contribution in [0.25, 0.3) is 5.52 Å². The van der Waals surface area contributed by atoms with Crippen LogP contribution in [-0.2, 0) is 4.74 Å². The third-order valence-corrected chi connectivity index (χ3v) is 2.03. The standard InChI is InChI=1S/C10H10N2O3/c1-2-15-10(14)8-6-7-4-3-5-12(7)11-9(8)13/h3-6H,2H2,1H3,(H,11,13). The van der Waals surface area contributed by atoms with Crippen LogP contribution in [0.15, 0.2) is 29.2 Å². The van der Waals surface area contributed by atoms with Crippen molar-refractivity contribution in [2.75, 3.05) is 6.61 Å². The smallest absolute Gasteiger partial charge is 0.343 e. The van der Waals surface area contributed by atoms with Crippen molar-refractivity contribution in [3.05, 3.63) is 40.3 Å². The molecule has 0 aliphatic rings. The molecule has 1 N–H and O–H groups in total. The molecule has 0 bridgehead atoms. The van der Waals surface area contributed by atoms with Gasteiger partial charge in [0.2, 0.25) is 0 Å². The molecular formula is C10H10N2O3. The monoisotopic (exact) mass is 206 g/mol. The summed E-state index contributed by atoms with van der Waals surface area (Å²) in [6.07, 6.45) is 1.70. The molecule has 0 radical (unpaired) electrons. The maximum absolute atomic E-state index is 11.5. The molecule has 0 fully saturated rings. The fourth-order valence-corrected chi connectivity index (χ4v) is 1.36. The molecule has 0 aromatic carbocycles. The van der Waals surface area contributed by atoms with Gasteiger partial charge in [0.15, 0.2) is 0 Å². The van der Waals surface area contributed by atoms with Crippen molar-refractivity contribution < 1.29 is 9.53 Å². The molecule has 5 nitrogen and oxygen atoms in total. The first kappa shape index (κ1) is 9.51. The van der Waals surface area contributed by atoms with Crippen LogP contribution in [0.2, 0.25) is 0 Å². The number of ether oxygens (including phenoxy) is 1. The first-order valence-corrected chi connectivity index (χ1v) is 4.60. The summed E-state index contributed by atoms with van der Waals surface area (Å²) in [5.74, 6) is -0.595. The fourth-order valence-electron chi connectivity index (χ4n) is 1.36. The second-order valence-corrected chi connectivity index (χ2v) is 3.02. The molecule has 0 atom stereocenters. The second-order valence-electron chi connectivity index (χ2n) is 3.02. The third kappa shape index (κ3) is 1.63. The van der Waals surface area contributed by atoms with E-state index in [1.165, 1.54) is 6.07 Å². The molecule has 2 aromatic heterocycles. The molecule has 0 aliphatic heterocycles. The van der Waals surface area contributed by atoms with E-state index in [1.54, 1.807) is 29.8 Å². The highest BCUT2D eigenvalue weighted by Gasteiger charge is 2.12. The van der Waals surface area contributed by atoms with Crippen molar-refractivity contribution in [2.24, 2.45) is 0 Å². The van der Waals surface area contributed by atoms with E-state index >= 15 is 0 Å². The van der Waals surface area contributed by atoms with E-state index in [1.807, 2.05) is 0 Å². The minimum Gasteiger partial charge on any atom is -0.462 e. The number of nitrogens with one attached hydrogen (secondary N) is 1.